The number of imidazole rings is 1. The third-order valence-corrected chi connectivity index (χ3v) is 4.21. The Morgan fingerprint density at radius 3 is 2.92 bits per heavy atom. The standard InChI is InChI=1S/C17H14N4O3/c22-13-6-5-12(17(24)21-13)20-16(23)11-7-9-3-1-2-4-10(9)14-15(11)19-8-18-14/h1-4,7-8,12H,5-6H2,(H,18,19)(H,20,23)(H,21,22,24)/t12-/m0/s1. The van der Waals surface area contributed by atoms with Crippen molar-refractivity contribution in [1.29, 1.82) is 0 Å². The molecule has 1 saturated heterocycles. The molecule has 0 saturated carbocycles. The Morgan fingerprint density at radius 1 is 1.25 bits per heavy atom. The monoisotopic (exact) mass is 322 g/mol. The fraction of sp³-hybridized carbons (Fsp3) is 0.176. The number of imide groups is 1. The minimum absolute atomic E-state index is 0.215. The largest absolute Gasteiger partial charge is 0.344 e. The van der Waals surface area contributed by atoms with Crippen LogP contribution in [0.25, 0.3) is 21.8 Å². The van der Waals surface area contributed by atoms with E-state index in [1.54, 1.807) is 12.4 Å². The number of hydrogen-bond acceptors (Lipinski definition) is 4. The predicted octanol–water partition coefficient (Wildman–Crippen LogP) is 1.25. The lowest BCUT2D eigenvalue weighted by Crippen LogP contribution is -2.52. The summed E-state index contributed by atoms with van der Waals surface area (Å²) in [4.78, 5) is 43.0. The van der Waals surface area contributed by atoms with E-state index in [-0.39, 0.29) is 18.2 Å². The maximum absolute atomic E-state index is 12.7. The van der Waals surface area contributed by atoms with Crippen LogP contribution < -0.4 is 10.6 Å². The first kappa shape index (κ1) is 14.4. The van der Waals surface area contributed by atoms with Crippen LogP contribution in [0.5, 0.6) is 0 Å². The zero-order valence-corrected chi connectivity index (χ0v) is 12.6. The van der Waals surface area contributed by atoms with Crippen molar-refractivity contribution in [1.82, 2.24) is 20.6 Å². The van der Waals surface area contributed by atoms with Crippen molar-refractivity contribution in [2.75, 3.05) is 0 Å². The second-order valence-electron chi connectivity index (χ2n) is 5.75. The van der Waals surface area contributed by atoms with Crippen LogP contribution in [0.3, 0.4) is 0 Å². The third kappa shape index (κ3) is 2.30. The fourth-order valence-corrected chi connectivity index (χ4v) is 3.02. The van der Waals surface area contributed by atoms with Gasteiger partial charge in [-0.3, -0.25) is 19.7 Å². The van der Waals surface area contributed by atoms with E-state index in [1.807, 2.05) is 24.3 Å². The van der Waals surface area contributed by atoms with Gasteiger partial charge in [0, 0.05) is 11.8 Å². The molecule has 7 nitrogen and oxygen atoms in total. The molecule has 2 heterocycles. The molecule has 0 spiro atoms. The summed E-state index contributed by atoms with van der Waals surface area (Å²) in [5.41, 5.74) is 1.73. The lowest BCUT2D eigenvalue weighted by Gasteiger charge is -2.22. The highest BCUT2D eigenvalue weighted by Gasteiger charge is 2.28. The van der Waals surface area contributed by atoms with Gasteiger partial charge in [0.25, 0.3) is 5.91 Å². The number of fused-ring (bicyclic) bond motifs is 3. The third-order valence-electron chi connectivity index (χ3n) is 4.21. The quantitative estimate of drug-likeness (QED) is 0.618. The van der Waals surface area contributed by atoms with Crippen LogP contribution in [-0.4, -0.2) is 33.7 Å². The molecule has 1 fully saturated rings. The molecule has 0 unspecified atom stereocenters. The van der Waals surface area contributed by atoms with E-state index in [4.69, 9.17) is 0 Å². The van der Waals surface area contributed by atoms with Gasteiger partial charge in [-0.05, 0) is 17.9 Å². The number of nitrogens with one attached hydrogen (secondary N) is 3. The Bertz CT molecular complexity index is 992. The summed E-state index contributed by atoms with van der Waals surface area (Å²) >= 11 is 0. The summed E-state index contributed by atoms with van der Waals surface area (Å²) in [5, 5.41) is 6.81. The van der Waals surface area contributed by atoms with E-state index in [1.165, 1.54) is 0 Å². The summed E-state index contributed by atoms with van der Waals surface area (Å²) in [6.07, 6.45) is 2.06. The van der Waals surface area contributed by atoms with Crippen LogP contribution in [0.2, 0.25) is 0 Å². The first-order chi connectivity index (χ1) is 11.6. The maximum Gasteiger partial charge on any atom is 0.254 e. The number of nitrogens with zero attached hydrogens (tertiary/aromatic N) is 1. The van der Waals surface area contributed by atoms with Gasteiger partial charge in [0.1, 0.15) is 11.6 Å². The molecule has 3 N–H and O–H groups in total. The molecule has 1 aromatic heterocycles. The SMILES string of the molecule is O=C1CC[C@H](NC(=O)c2cc3ccccc3c3[nH]cnc23)C(=O)N1. The smallest absolute Gasteiger partial charge is 0.254 e. The van der Waals surface area contributed by atoms with Gasteiger partial charge < -0.3 is 10.3 Å². The van der Waals surface area contributed by atoms with Gasteiger partial charge in [0.05, 0.1) is 17.4 Å². The molecule has 24 heavy (non-hydrogen) atoms. The molecular formula is C17H14N4O3. The first-order valence-corrected chi connectivity index (χ1v) is 7.63. The summed E-state index contributed by atoms with van der Waals surface area (Å²) in [7, 11) is 0. The maximum atomic E-state index is 12.7. The molecule has 0 bridgehead atoms. The van der Waals surface area contributed by atoms with Crippen molar-refractivity contribution >= 4 is 39.5 Å². The number of amides is 3. The number of rotatable bonds is 2. The molecule has 1 atom stereocenters. The van der Waals surface area contributed by atoms with E-state index in [0.717, 1.165) is 16.3 Å². The van der Waals surface area contributed by atoms with Gasteiger partial charge in [-0.15, -0.1) is 0 Å². The lowest BCUT2D eigenvalue weighted by molar-refractivity contribution is -0.134. The van der Waals surface area contributed by atoms with Crippen LogP contribution in [0.15, 0.2) is 36.7 Å². The number of piperidine rings is 1. The van der Waals surface area contributed by atoms with Gasteiger partial charge in [-0.2, -0.15) is 0 Å². The molecule has 0 radical (unpaired) electrons. The minimum Gasteiger partial charge on any atom is -0.344 e. The molecular weight excluding hydrogens is 308 g/mol. The predicted molar refractivity (Wildman–Crippen MR) is 87.2 cm³/mol. The molecule has 0 aliphatic carbocycles. The van der Waals surface area contributed by atoms with E-state index in [9.17, 15) is 14.4 Å². The Kier molecular flexibility index (Phi) is 3.26. The van der Waals surface area contributed by atoms with Crippen LogP contribution in [0.1, 0.15) is 23.2 Å². The number of hydrogen-bond donors (Lipinski definition) is 3. The second-order valence-corrected chi connectivity index (χ2v) is 5.75. The van der Waals surface area contributed by atoms with Gasteiger partial charge in [0.2, 0.25) is 11.8 Å². The van der Waals surface area contributed by atoms with Crippen LogP contribution in [0.4, 0.5) is 0 Å². The van der Waals surface area contributed by atoms with E-state index in [2.05, 4.69) is 20.6 Å². The zero-order valence-electron chi connectivity index (χ0n) is 12.6. The van der Waals surface area contributed by atoms with Gasteiger partial charge in [-0.1, -0.05) is 24.3 Å². The normalized spacial score (nSPS) is 17.9. The second kappa shape index (κ2) is 5.45. The van der Waals surface area contributed by atoms with Gasteiger partial charge >= 0.3 is 0 Å². The highest BCUT2D eigenvalue weighted by molar-refractivity contribution is 6.15. The van der Waals surface area contributed by atoms with Crippen molar-refractivity contribution in [3.05, 3.63) is 42.2 Å². The van der Waals surface area contributed by atoms with Gasteiger partial charge in [0.15, 0.2) is 0 Å². The van der Waals surface area contributed by atoms with E-state index in [0.29, 0.717) is 17.5 Å². The number of carbonyl (C=O) groups excluding carboxylic acids is 3. The molecule has 120 valence electrons. The summed E-state index contributed by atoms with van der Waals surface area (Å²) < 4.78 is 0. The first-order valence-electron chi connectivity index (χ1n) is 7.63. The number of carbonyl (C=O) groups is 3. The minimum atomic E-state index is -0.712. The Labute approximate surface area is 136 Å². The van der Waals surface area contributed by atoms with Crippen molar-refractivity contribution in [3.8, 4) is 0 Å². The van der Waals surface area contributed by atoms with Crippen molar-refractivity contribution in [2.24, 2.45) is 0 Å². The fourth-order valence-electron chi connectivity index (χ4n) is 3.02. The lowest BCUT2D eigenvalue weighted by atomic mass is 10.0. The van der Waals surface area contributed by atoms with Crippen molar-refractivity contribution in [2.45, 2.75) is 18.9 Å². The highest BCUT2D eigenvalue weighted by Crippen LogP contribution is 2.26. The van der Waals surface area contributed by atoms with E-state index < -0.39 is 11.9 Å². The number of aromatic amines is 1. The summed E-state index contributed by atoms with van der Waals surface area (Å²) in [6.45, 7) is 0. The number of aromatic nitrogens is 2. The molecule has 1 aliphatic heterocycles. The van der Waals surface area contributed by atoms with Crippen molar-refractivity contribution < 1.29 is 14.4 Å². The molecule has 3 amide bonds. The molecule has 3 aromatic rings. The Hall–Kier alpha value is -3.22. The van der Waals surface area contributed by atoms with Crippen LogP contribution >= 0.6 is 0 Å². The van der Waals surface area contributed by atoms with Crippen LogP contribution in [-0.2, 0) is 9.59 Å². The molecule has 2 aromatic carbocycles. The number of benzene rings is 2. The van der Waals surface area contributed by atoms with Crippen molar-refractivity contribution in [3.63, 3.8) is 0 Å². The topological polar surface area (TPSA) is 104 Å². The number of H-pyrrole nitrogens is 1. The highest BCUT2D eigenvalue weighted by atomic mass is 16.2. The van der Waals surface area contributed by atoms with E-state index >= 15 is 0 Å². The summed E-state index contributed by atoms with van der Waals surface area (Å²) in [6, 6.07) is 8.74. The van der Waals surface area contributed by atoms with Crippen LogP contribution in [0, 0.1) is 0 Å². The van der Waals surface area contributed by atoms with Gasteiger partial charge in [-0.25, -0.2) is 4.98 Å². The molecule has 1 aliphatic rings. The average molecular weight is 322 g/mol. The Morgan fingerprint density at radius 2 is 2.08 bits per heavy atom. The average Bonchev–Trinajstić information content (AvgIpc) is 3.06. The zero-order chi connectivity index (χ0) is 16.7. The Balaban J connectivity index is 1.72. The summed E-state index contributed by atoms with van der Waals surface area (Å²) in [5.74, 6) is -1.17. The molecule has 7 heteroatoms. The molecule has 4 rings (SSSR count).